The summed E-state index contributed by atoms with van der Waals surface area (Å²) in [5.74, 6) is -0.527. The lowest BCUT2D eigenvalue weighted by molar-refractivity contribution is 0.0975. The molecule has 2 aliphatic rings. The van der Waals surface area contributed by atoms with Crippen LogP contribution in [-0.2, 0) is 16.7 Å². The van der Waals surface area contributed by atoms with E-state index in [4.69, 9.17) is 26.5 Å². The molecule has 4 rings (SSSR count). The number of primary amides is 1. The molecular formula is C19H22ClN3O4. The lowest BCUT2D eigenvalue weighted by Crippen LogP contribution is -2.53. The lowest BCUT2D eigenvalue weighted by Gasteiger charge is -2.43. The number of carbonyl (C=O) groups is 2. The van der Waals surface area contributed by atoms with Crippen molar-refractivity contribution in [2.75, 3.05) is 12.4 Å². The topological polar surface area (TPSA) is 107 Å². The van der Waals surface area contributed by atoms with Crippen molar-refractivity contribution in [1.82, 2.24) is 5.32 Å². The first-order valence-electron chi connectivity index (χ1n) is 9.09. The molecule has 144 valence electrons. The molecular weight excluding hydrogens is 370 g/mol. The number of hydrogen-bond donors (Lipinski definition) is 3. The molecule has 2 heterocycles. The Bertz CT molecular complexity index is 917. The number of carbonyl (C=O) groups excluding carboxylic acids is 2. The molecule has 1 spiro atoms. The second-order valence-corrected chi connectivity index (χ2v) is 7.74. The molecule has 0 saturated heterocycles. The van der Waals surface area contributed by atoms with Gasteiger partial charge in [-0.05, 0) is 30.5 Å². The van der Waals surface area contributed by atoms with Crippen molar-refractivity contribution in [3.8, 4) is 0 Å². The van der Waals surface area contributed by atoms with Gasteiger partial charge >= 0.3 is 6.03 Å². The summed E-state index contributed by atoms with van der Waals surface area (Å²) >= 11 is 6.21. The molecule has 8 heteroatoms. The van der Waals surface area contributed by atoms with Gasteiger partial charge in [-0.1, -0.05) is 30.9 Å². The van der Waals surface area contributed by atoms with Gasteiger partial charge in [0.25, 0.3) is 5.91 Å². The predicted molar refractivity (Wildman–Crippen MR) is 102 cm³/mol. The van der Waals surface area contributed by atoms with E-state index >= 15 is 0 Å². The van der Waals surface area contributed by atoms with Crippen LogP contribution < -0.4 is 16.4 Å². The smallest absolute Gasteiger partial charge is 0.319 e. The number of nitrogens with one attached hydrogen (secondary N) is 2. The Hall–Kier alpha value is -2.25. The standard InChI is InChI=1S/C19H22ClN3O4/c1-26-13(20)9-10-7-11-8-12(17(21)24)27-16(11)14-15(10)22-18(25)23-19(14)5-3-2-4-6-19/h7-8,13H,2-6,9H2,1H3,(H2,21,24)(H2,22,23,25). The zero-order valence-electron chi connectivity index (χ0n) is 15.1. The third kappa shape index (κ3) is 3.04. The van der Waals surface area contributed by atoms with Crippen LogP contribution in [0.3, 0.4) is 0 Å². The number of rotatable bonds is 4. The Morgan fingerprint density at radius 3 is 2.78 bits per heavy atom. The Balaban J connectivity index is 1.99. The SMILES string of the molecule is COC(Cl)Cc1cc2cc(C(N)=O)oc2c2c1NC(=O)NC21CCCCC1. The number of methoxy groups -OCH3 is 1. The van der Waals surface area contributed by atoms with Crippen LogP contribution in [0.2, 0.25) is 0 Å². The second kappa shape index (κ2) is 6.73. The molecule has 0 radical (unpaired) electrons. The van der Waals surface area contributed by atoms with Crippen LogP contribution in [0.4, 0.5) is 10.5 Å². The molecule has 1 aliphatic carbocycles. The highest BCUT2D eigenvalue weighted by Crippen LogP contribution is 2.48. The molecule has 1 aliphatic heterocycles. The van der Waals surface area contributed by atoms with Gasteiger partial charge in [0.1, 0.15) is 11.1 Å². The maximum Gasteiger partial charge on any atom is 0.319 e. The number of anilines is 1. The van der Waals surface area contributed by atoms with Gasteiger partial charge < -0.3 is 25.5 Å². The van der Waals surface area contributed by atoms with Gasteiger partial charge in [0.2, 0.25) is 0 Å². The normalized spacial score (nSPS) is 19.4. The van der Waals surface area contributed by atoms with Crippen molar-refractivity contribution in [1.29, 1.82) is 0 Å². The predicted octanol–water partition coefficient (Wildman–Crippen LogP) is 3.58. The van der Waals surface area contributed by atoms with E-state index in [-0.39, 0.29) is 11.8 Å². The van der Waals surface area contributed by atoms with Crippen LogP contribution in [0.1, 0.15) is 53.8 Å². The van der Waals surface area contributed by atoms with Crippen LogP contribution in [-0.4, -0.2) is 24.6 Å². The average Bonchev–Trinajstić information content (AvgIpc) is 3.06. The number of alkyl halides is 1. The molecule has 27 heavy (non-hydrogen) atoms. The Morgan fingerprint density at radius 2 is 2.11 bits per heavy atom. The summed E-state index contributed by atoms with van der Waals surface area (Å²) in [5.41, 5.74) is 7.37. The van der Waals surface area contributed by atoms with E-state index in [1.54, 1.807) is 6.07 Å². The van der Waals surface area contributed by atoms with Crippen molar-refractivity contribution in [2.24, 2.45) is 5.73 Å². The number of urea groups is 1. The number of ether oxygens (including phenoxy) is 1. The highest BCUT2D eigenvalue weighted by atomic mass is 35.5. The number of halogens is 1. The van der Waals surface area contributed by atoms with Crippen LogP contribution in [0.15, 0.2) is 16.5 Å². The minimum absolute atomic E-state index is 0.0985. The molecule has 1 unspecified atom stereocenters. The highest BCUT2D eigenvalue weighted by Gasteiger charge is 2.44. The van der Waals surface area contributed by atoms with E-state index in [1.807, 2.05) is 6.07 Å². The van der Waals surface area contributed by atoms with Gasteiger partial charge in [-0.3, -0.25) is 4.79 Å². The summed E-state index contributed by atoms with van der Waals surface area (Å²) in [6.45, 7) is 0. The first-order chi connectivity index (χ1) is 12.9. The molecule has 1 aromatic carbocycles. The van der Waals surface area contributed by atoms with Gasteiger partial charge in [-0.15, -0.1) is 0 Å². The molecule has 2 aromatic rings. The second-order valence-electron chi connectivity index (χ2n) is 7.25. The summed E-state index contributed by atoms with van der Waals surface area (Å²) in [4.78, 5) is 24.1. The molecule has 1 atom stereocenters. The van der Waals surface area contributed by atoms with Crippen molar-refractivity contribution in [3.63, 3.8) is 0 Å². The first-order valence-corrected chi connectivity index (χ1v) is 9.53. The van der Waals surface area contributed by atoms with E-state index in [2.05, 4.69) is 10.6 Å². The van der Waals surface area contributed by atoms with Crippen molar-refractivity contribution < 1.29 is 18.7 Å². The molecule has 4 N–H and O–H groups in total. The van der Waals surface area contributed by atoms with E-state index in [0.717, 1.165) is 48.6 Å². The monoisotopic (exact) mass is 391 g/mol. The van der Waals surface area contributed by atoms with Crippen LogP contribution in [0, 0.1) is 0 Å². The number of benzene rings is 1. The van der Waals surface area contributed by atoms with Gasteiger partial charge in [0.05, 0.1) is 11.2 Å². The van der Waals surface area contributed by atoms with E-state index < -0.39 is 17.0 Å². The minimum atomic E-state index is -0.626. The summed E-state index contributed by atoms with van der Waals surface area (Å²) < 4.78 is 11.1. The average molecular weight is 392 g/mol. The number of hydrogen-bond acceptors (Lipinski definition) is 4. The van der Waals surface area contributed by atoms with Gasteiger partial charge in [0.15, 0.2) is 5.76 Å². The zero-order valence-corrected chi connectivity index (χ0v) is 15.8. The molecule has 1 aromatic heterocycles. The fourth-order valence-electron chi connectivity index (χ4n) is 4.33. The maximum atomic E-state index is 12.5. The van der Waals surface area contributed by atoms with Crippen molar-refractivity contribution in [2.45, 2.75) is 49.6 Å². The van der Waals surface area contributed by atoms with Crippen LogP contribution >= 0.6 is 11.6 Å². The minimum Gasteiger partial charge on any atom is -0.450 e. The summed E-state index contributed by atoms with van der Waals surface area (Å²) in [7, 11) is 1.54. The Morgan fingerprint density at radius 1 is 1.37 bits per heavy atom. The maximum absolute atomic E-state index is 12.5. The number of fused-ring (bicyclic) bond motifs is 4. The number of amides is 3. The van der Waals surface area contributed by atoms with E-state index in [9.17, 15) is 9.59 Å². The fourth-order valence-corrected chi connectivity index (χ4v) is 4.50. The molecule has 1 saturated carbocycles. The van der Waals surface area contributed by atoms with E-state index in [1.165, 1.54) is 7.11 Å². The third-order valence-electron chi connectivity index (χ3n) is 5.54. The Kier molecular flexibility index (Phi) is 4.52. The molecule has 0 bridgehead atoms. The van der Waals surface area contributed by atoms with E-state index in [0.29, 0.717) is 17.7 Å². The highest BCUT2D eigenvalue weighted by molar-refractivity contribution is 6.20. The largest absolute Gasteiger partial charge is 0.450 e. The molecule has 7 nitrogen and oxygen atoms in total. The first kappa shape index (κ1) is 18.1. The Labute approximate surface area is 161 Å². The zero-order chi connectivity index (χ0) is 19.2. The van der Waals surface area contributed by atoms with Crippen LogP contribution in [0.5, 0.6) is 0 Å². The quantitative estimate of drug-likeness (QED) is 0.692. The van der Waals surface area contributed by atoms with Gasteiger partial charge in [-0.25, -0.2) is 4.79 Å². The van der Waals surface area contributed by atoms with Crippen molar-refractivity contribution in [3.05, 3.63) is 29.0 Å². The fraction of sp³-hybridized carbons (Fsp3) is 0.474. The third-order valence-corrected chi connectivity index (χ3v) is 5.88. The van der Waals surface area contributed by atoms with Gasteiger partial charge in [0, 0.05) is 24.5 Å². The lowest BCUT2D eigenvalue weighted by atomic mass is 9.74. The number of nitrogens with two attached hydrogens (primary N) is 1. The van der Waals surface area contributed by atoms with Crippen molar-refractivity contribution >= 4 is 40.2 Å². The number of furan rings is 1. The molecule has 1 fully saturated rings. The summed E-state index contributed by atoms with van der Waals surface area (Å²) in [6, 6.07) is 3.28. The molecule has 3 amide bonds. The van der Waals surface area contributed by atoms with Gasteiger partial charge in [-0.2, -0.15) is 0 Å². The van der Waals surface area contributed by atoms with Crippen LogP contribution in [0.25, 0.3) is 11.0 Å². The summed E-state index contributed by atoms with van der Waals surface area (Å²) in [6.07, 6.45) is 5.17. The summed E-state index contributed by atoms with van der Waals surface area (Å²) in [5, 5.41) is 6.81.